The van der Waals surface area contributed by atoms with Gasteiger partial charge in [0.25, 0.3) is 0 Å². The first kappa shape index (κ1) is 23.2. The van der Waals surface area contributed by atoms with Gasteiger partial charge in [-0.15, -0.1) is 24.8 Å². The Morgan fingerprint density at radius 3 is 2.71 bits per heavy atom. The van der Waals surface area contributed by atoms with Crippen molar-refractivity contribution >= 4 is 36.4 Å². The SMILES string of the molecule is Cc1cnccc1N1CCCN(C(=O)C2CC3(CCNCC3)CN2)CC1.Cl.Cl. The maximum Gasteiger partial charge on any atom is 0.239 e. The minimum Gasteiger partial charge on any atom is -0.369 e. The van der Waals surface area contributed by atoms with Gasteiger partial charge in [-0.1, -0.05) is 0 Å². The fourth-order valence-electron chi connectivity index (χ4n) is 4.85. The van der Waals surface area contributed by atoms with Crippen LogP contribution in [0.15, 0.2) is 18.5 Å². The Bertz CT molecular complexity index is 653. The van der Waals surface area contributed by atoms with Gasteiger partial charge in [0.2, 0.25) is 5.91 Å². The monoisotopic (exact) mass is 429 g/mol. The van der Waals surface area contributed by atoms with Gasteiger partial charge >= 0.3 is 0 Å². The topological polar surface area (TPSA) is 60.5 Å². The van der Waals surface area contributed by atoms with Gasteiger partial charge in [0.05, 0.1) is 6.04 Å². The van der Waals surface area contributed by atoms with E-state index < -0.39 is 0 Å². The van der Waals surface area contributed by atoms with Crippen molar-refractivity contribution in [1.29, 1.82) is 0 Å². The Hall–Kier alpha value is -1.08. The lowest BCUT2D eigenvalue weighted by Gasteiger charge is -2.33. The van der Waals surface area contributed by atoms with Crippen LogP contribution in [-0.4, -0.2) is 67.6 Å². The van der Waals surface area contributed by atoms with Crippen molar-refractivity contribution in [1.82, 2.24) is 20.5 Å². The summed E-state index contributed by atoms with van der Waals surface area (Å²) in [6, 6.07) is 2.11. The first-order valence-corrected chi connectivity index (χ1v) is 10.1. The highest BCUT2D eigenvalue weighted by atomic mass is 35.5. The van der Waals surface area contributed by atoms with Crippen LogP contribution < -0.4 is 15.5 Å². The molecule has 3 aliphatic heterocycles. The smallest absolute Gasteiger partial charge is 0.239 e. The summed E-state index contributed by atoms with van der Waals surface area (Å²) in [7, 11) is 0. The Kier molecular flexibility index (Phi) is 8.37. The third kappa shape index (κ3) is 4.90. The summed E-state index contributed by atoms with van der Waals surface area (Å²) in [5, 5.41) is 6.99. The minimum absolute atomic E-state index is 0. The van der Waals surface area contributed by atoms with Crippen LogP contribution >= 0.6 is 24.8 Å². The van der Waals surface area contributed by atoms with Crippen molar-refractivity contribution in [2.24, 2.45) is 5.41 Å². The number of aromatic nitrogens is 1. The average Bonchev–Trinajstić information content (AvgIpc) is 2.90. The first-order valence-electron chi connectivity index (χ1n) is 10.1. The lowest BCUT2D eigenvalue weighted by Crippen LogP contribution is -2.45. The highest BCUT2D eigenvalue weighted by Gasteiger charge is 2.43. The molecule has 1 aromatic rings. The number of hydrogen-bond acceptors (Lipinski definition) is 5. The molecular formula is C20H33Cl2N5O. The van der Waals surface area contributed by atoms with Crippen molar-refractivity contribution < 1.29 is 4.79 Å². The van der Waals surface area contributed by atoms with E-state index in [0.717, 1.165) is 58.7 Å². The number of piperidine rings is 1. The van der Waals surface area contributed by atoms with Gasteiger partial charge in [-0.2, -0.15) is 0 Å². The number of carbonyl (C=O) groups is 1. The Morgan fingerprint density at radius 2 is 1.96 bits per heavy atom. The average molecular weight is 430 g/mol. The fraction of sp³-hybridized carbons (Fsp3) is 0.700. The molecule has 1 atom stereocenters. The highest BCUT2D eigenvalue weighted by Crippen LogP contribution is 2.37. The van der Waals surface area contributed by atoms with Crippen LogP contribution in [0.4, 0.5) is 5.69 Å². The van der Waals surface area contributed by atoms with Gasteiger partial charge in [-0.05, 0) is 62.7 Å². The largest absolute Gasteiger partial charge is 0.369 e. The second-order valence-electron chi connectivity index (χ2n) is 8.22. The number of rotatable bonds is 2. The third-order valence-electron chi connectivity index (χ3n) is 6.46. The van der Waals surface area contributed by atoms with Crippen molar-refractivity contribution in [3.63, 3.8) is 0 Å². The van der Waals surface area contributed by atoms with Crippen molar-refractivity contribution in [3.05, 3.63) is 24.0 Å². The minimum atomic E-state index is 0. The van der Waals surface area contributed by atoms with E-state index in [1.165, 1.54) is 24.1 Å². The number of amides is 1. The van der Waals surface area contributed by atoms with Crippen LogP contribution in [0, 0.1) is 12.3 Å². The maximum absolute atomic E-state index is 13.1. The molecule has 3 saturated heterocycles. The number of hydrogen-bond donors (Lipinski definition) is 2. The van der Waals surface area contributed by atoms with E-state index >= 15 is 0 Å². The Labute approximate surface area is 180 Å². The van der Waals surface area contributed by atoms with Crippen molar-refractivity contribution in [2.75, 3.05) is 50.7 Å². The van der Waals surface area contributed by atoms with Gasteiger partial charge in [0.15, 0.2) is 0 Å². The summed E-state index contributed by atoms with van der Waals surface area (Å²) in [6.07, 6.45) is 8.20. The molecular weight excluding hydrogens is 397 g/mol. The van der Waals surface area contributed by atoms with E-state index in [9.17, 15) is 4.79 Å². The van der Waals surface area contributed by atoms with E-state index in [1.54, 1.807) is 0 Å². The molecule has 6 nitrogen and oxygen atoms in total. The summed E-state index contributed by atoms with van der Waals surface area (Å²) in [4.78, 5) is 21.8. The number of pyridine rings is 1. The molecule has 0 aliphatic carbocycles. The van der Waals surface area contributed by atoms with Crippen LogP contribution in [0.3, 0.4) is 0 Å². The zero-order chi connectivity index (χ0) is 18.0. The van der Waals surface area contributed by atoms with E-state index in [4.69, 9.17) is 0 Å². The molecule has 1 aromatic heterocycles. The summed E-state index contributed by atoms with van der Waals surface area (Å²) in [5.41, 5.74) is 2.80. The molecule has 0 radical (unpaired) electrons. The first-order chi connectivity index (χ1) is 12.7. The number of nitrogens with zero attached hydrogens (tertiary/aromatic N) is 3. The van der Waals surface area contributed by atoms with Gasteiger partial charge in [0, 0.05) is 50.8 Å². The zero-order valence-electron chi connectivity index (χ0n) is 16.7. The standard InChI is InChI=1S/C20H31N5O.2ClH/c1-16-14-22-6-3-18(16)24-9-2-10-25(12-11-24)19(26)17-13-20(15-23-17)4-7-21-8-5-20;;/h3,6,14,17,21,23H,2,4-5,7-13,15H2,1H3;2*1H. The molecule has 0 saturated carbocycles. The highest BCUT2D eigenvalue weighted by molar-refractivity contribution is 5.85. The van der Waals surface area contributed by atoms with Crippen molar-refractivity contribution in [3.8, 4) is 0 Å². The maximum atomic E-state index is 13.1. The number of carbonyl (C=O) groups excluding carboxylic acids is 1. The summed E-state index contributed by atoms with van der Waals surface area (Å²) >= 11 is 0. The van der Waals surface area contributed by atoms with Crippen LogP contribution in [0.1, 0.15) is 31.2 Å². The molecule has 1 spiro atoms. The lowest BCUT2D eigenvalue weighted by atomic mass is 9.77. The number of nitrogens with one attached hydrogen (secondary N) is 2. The fourth-order valence-corrected chi connectivity index (χ4v) is 4.85. The van der Waals surface area contributed by atoms with E-state index in [2.05, 4.69) is 38.4 Å². The predicted octanol–water partition coefficient (Wildman–Crippen LogP) is 2.00. The molecule has 4 rings (SSSR count). The number of aryl methyl sites for hydroxylation is 1. The van der Waals surface area contributed by atoms with E-state index in [-0.39, 0.29) is 30.9 Å². The van der Waals surface area contributed by atoms with Crippen LogP contribution in [0.25, 0.3) is 0 Å². The number of anilines is 1. The Balaban J connectivity index is 0.00000140. The summed E-state index contributed by atoms with van der Waals surface area (Å²) in [5.74, 6) is 0.314. The molecule has 3 aliphatic rings. The van der Waals surface area contributed by atoms with Gasteiger partial charge in [0.1, 0.15) is 0 Å². The second kappa shape index (κ2) is 10.1. The predicted molar refractivity (Wildman–Crippen MR) is 118 cm³/mol. The van der Waals surface area contributed by atoms with Crippen LogP contribution in [-0.2, 0) is 4.79 Å². The summed E-state index contributed by atoms with van der Waals surface area (Å²) < 4.78 is 0. The molecule has 3 fully saturated rings. The van der Waals surface area contributed by atoms with E-state index in [1.807, 2.05) is 12.4 Å². The van der Waals surface area contributed by atoms with Crippen molar-refractivity contribution in [2.45, 2.75) is 38.6 Å². The second-order valence-corrected chi connectivity index (χ2v) is 8.22. The molecule has 2 N–H and O–H groups in total. The number of halogens is 2. The molecule has 4 heterocycles. The van der Waals surface area contributed by atoms with Crippen LogP contribution in [0.2, 0.25) is 0 Å². The lowest BCUT2D eigenvalue weighted by molar-refractivity contribution is -0.133. The van der Waals surface area contributed by atoms with Crippen LogP contribution in [0.5, 0.6) is 0 Å². The molecule has 0 bridgehead atoms. The van der Waals surface area contributed by atoms with E-state index in [0.29, 0.717) is 11.3 Å². The van der Waals surface area contributed by atoms with Gasteiger partial charge in [-0.25, -0.2) is 0 Å². The quantitative estimate of drug-likeness (QED) is 0.752. The zero-order valence-corrected chi connectivity index (χ0v) is 18.3. The Morgan fingerprint density at radius 1 is 1.18 bits per heavy atom. The molecule has 8 heteroatoms. The molecule has 1 unspecified atom stereocenters. The normalized spacial score (nSPS) is 24.2. The molecule has 28 heavy (non-hydrogen) atoms. The summed E-state index contributed by atoms with van der Waals surface area (Å²) in [6.45, 7) is 8.87. The van der Waals surface area contributed by atoms with Gasteiger partial charge < -0.3 is 20.4 Å². The van der Waals surface area contributed by atoms with Gasteiger partial charge in [-0.3, -0.25) is 9.78 Å². The molecule has 158 valence electrons. The molecule has 1 amide bonds. The molecule has 0 aromatic carbocycles. The third-order valence-corrected chi connectivity index (χ3v) is 6.46.